The van der Waals surface area contributed by atoms with Crippen molar-refractivity contribution in [3.8, 4) is 0 Å². The van der Waals surface area contributed by atoms with Gasteiger partial charge in [0.25, 0.3) is 0 Å². The SMILES string of the molecule is CC1COC(c2cc(F)c(C(F)(F)Br)c(F)c2)OC1. The molecule has 1 saturated heterocycles. The van der Waals surface area contributed by atoms with E-state index in [2.05, 4.69) is 0 Å². The topological polar surface area (TPSA) is 18.5 Å². The van der Waals surface area contributed by atoms with Crippen LogP contribution in [0, 0.1) is 17.6 Å². The summed E-state index contributed by atoms with van der Waals surface area (Å²) in [5.41, 5.74) is -1.28. The number of rotatable bonds is 2. The van der Waals surface area contributed by atoms with Crippen molar-refractivity contribution in [2.45, 2.75) is 18.0 Å². The van der Waals surface area contributed by atoms with E-state index in [0.29, 0.717) is 13.2 Å². The first-order valence-corrected chi connectivity index (χ1v) is 6.37. The van der Waals surface area contributed by atoms with Crippen molar-refractivity contribution in [1.82, 2.24) is 0 Å². The Bertz CT molecular complexity index is 444. The van der Waals surface area contributed by atoms with Gasteiger partial charge in [0, 0.05) is 11.5 Å². The van der Waals surface area contributed by atoms with Crippen LogP contribution in [-0.4, -0.2) is 13.2 Å². The monoisotopic (exact) mass is 342 g/mol. The quantitative estimate of drug-likeness (QED) is 0.595. The summed E-state index contributed by atoms with van der Waals surface area (Å²) in [6.07, 6.45) is -0.932. The Morgan fingerprint density at radius 1 is 1.16 bits per heavy atom. The van der Waals surface area contributed by atoms with Gasteiger partial charge >= 0.3 is 4.83 Å². The van der Waals surface area contributed by atoms with Crippen molar-refractivity contribution in [3.05, 3.63) is 34.9 Å². The minimum atomic E-state index is -3.76. The first kappa shape index (κ1) is 14.7. The molecule has 106 valence electrons. The van der Waals surface area contributed by atoms with Gasteiger partial charge in [-0.3, -0.25) is 0 Å². The number of hydrogen-bond acceptors (Lipinski definition) is 2. The molecule has 0 spiro atoms. The summed E-state index contributed by atoms with van der Waals surface area (Å²) in [6, 6.07) is 1.60. The Hall–Kier alpha value is -0.660. The van der Waals surface area contributed by atoms with Gasteiger partial charge in [-0.15, -0.1) is 0 Å². The molecule has 0 unspecified atom stereocenters. The Morgan fingerprint density at radius 2 is 1.63 bits per heavy atom. The summed E-state index contributed by atoms with van der Waals surface area (Å²) >= 11 is 1.94. The van der Waals surface area contributed by atoms with Crippen molar-refractivity contribution >= 4 is 15.9 Å². The summed E-state index contributed by atoms with van der Waals surface area (Å²) in [7, 11) is 0. The molecule has 0 saturated carbocycles. The number of hydrogen-bond donors (Lipinski definition) is 0. The smallest absolute Gasteiger partial charge is 0.332 e. The largest absolute Gasteiger partial charge is 0.348 e. The van der Waals surface area contributed by atoms with Gasteiger partial charge in [-0.2, -0.15) is 8.78 Å². The molecular weight excluding hydrogens is 332 g/mol. The zero-order valence-corrected chi connectivity index (χ0v) is 11.5. The maximum Gasteiger partial charge on any atom is 0.332 e. The highest BCUT2D eigenvalue weighted by atomic mass is 79.9. The van der Waals surface area contributed by atoms with Crippen molar-refractivity contribution in [2.75, 3.05) is 13.2 Å². The van der Waals surface area contributed by atoms with E-state index in [1.807, 2.05) is 22.9 Å². The van der Waals surface area contributed by atoms with Gasteiger partial charge in [0.05, 0.1) is 13.2 Å². The van der Waals surface area contributed by atoms with Gasteiger partial charge in [-0.1, -0.05) is 6.92 Å². The fourth-order valence-corrected chi connectivity index (χ4v) is 2.17. The molecule has 0 amide bonds. The van der Waals surface area contributed by atoms with E-state index in [0.717, 1.165) is 12.1 Å². The van der Waals surface area contributed by atoms with Crippen molar-refractivity contribution in [1.29, 1.82) is 0 Å². The highest BCUT2D eigenvalue weighted by Gasteiger charge is 2.35. The van der Waals surface area contributed by atoms with E-state index in [9.17, 15) is 17.6 Å². The molecule has 0 aliphatic carbocycles. The second-order valence-corrected chi connectivity index (χ2v) is 5.46. The molecular formula is C12H11BrF4O2. The first-order chi connectivity index (χ1) is 8.79. The first-order valence-electron chi connectivity index (χ1n) is 5.58. The third kappa shape index (κ3) is 3.27. The second kappa shape index (κ2) is 5.38. The third-order valence-electron chi connectivity index (χ3n) is 2.68. The van der Waals surface area contributed by atoms with Crippen LogP contribution in [-0.2, 0) is 14.3 Å². The van der Waals surface area contributed by atoms with Crippen molar-refractivity contribution in [2.24, 2.45) is 5.92 Å². The van der Waals surface area contributed by atoms with Crippen LogP contribution < -0.4 is 0 Å². The molecule has 2 nitrogen and oxygen atoms in total. The van der Waals surface area contributed by atoms with Crippen LogP contribution in [0.4, 0.5) is 17.6 Å². The lowest BCUT2D eigenvalue weighted by molar-refractivity contribution is -0.202. The van der Waals surface area contributed by atoms with Crippen LogP contribution in [0.2, 0.25) is 0 Å². The number of benzene rings is 1. The van der Waals surface area contributed by atoms with E-state index in [-0.39, 0.29) is 11.5 Å². The van der Waals surface area contributed by atoms with E-state index < -0.39 is 28.3 Å². The molecule has 1 heterocycles. The van der Waals surface area contributed by atoms with E-state index in [1.54, 1.807) is 0 Å². The molecule has 1 aliphatic rings. The normalized spacial score (nSPS) is 24.5. The fraction of sp³-hybridized carbons (Fsp3) is 0.500. The molecule has 0 atom stereocenters. The Labute approximate surface area is 115 Å². The van der Waals surface area contributed by atoms with Gasteiger partial charge in [0.1, 0.15) is 17.2 Å². The van der Waals surface area contributed by atoms with Crippen LogP contribution >= 0.6 is 15.9 Å². The lowest BCUT2D eigenvalue weighted by Gasteiger charge is -2.28. The Kier molecular flexibility index (Phi) is 4.17. The summed E-state index contributed by atoms with van der Waals surface area (Å²) < 4.78 is 63.6. The molecule has 0 aromatic heterocycles. The maximum absolute atomic E-state index is 13.6. The van der Waals surface area contributed by atoms with Crippen LogP contribution in [0.3, 0.4) is 0 Å². The zero-order chi connectivity index (χ0) is 14.2. The minimum Gasteiger partial charge on any atom is -0.348 e. The number of alkyl halides is 3. The Balaban J connectivity index is 2.30. The molecule has 1 fully saturated rings. The van der Waals surface area contributed by atoms with Gasteiger partial charge < -0.3 is 9.47 Å². The molecule has 1 aliphatic heterocycles. The lowest BCUT2D eigenvalue weighted by Crippen LogP contribution is -2.25. The Morgan fingerprint density at radius 3 is 2.05 bits per heavy atom. The average Bonchev–Trinajstić information content (AvgIpc) is 2.26. The molecule has 2 rings (SSSR count). The molecule has 0 bridgehead atoms. The number of halogens is 5. The molecule has 0 radical (unpaired) electrons. The minimum absolute atomic E-state index is 0.0439. The summed E-state index contributed by atoms with van der Waals surface area (Å²) in [4.78, 5) is -3.76. The standard InChI is InChI=1S/C12H11BrF4O2/c1-6-4-18-11(19-5-6)7-2-8(14)10(9(15)3-7)12(13,16)17/h2-3,6,11H,4-5H2,1H3. The van der Waals surface area contributed by atoms with Gasteiger partial charge in [-0.05, 0) is 28.1 Å². The summed E-state index contributed by atoms with van der Waals surface area (Å²) in [6.45, 7) is 2.65. The summed E-state index contributed by atoms with van der Waals surface area (Å²) in [5, 5.41) is 0. The number of ether oxygens (including phenoxy) is 2. The molecule has 1 aromatic rings. The zero-order valence-electron chi connectivity index (χ0n) is 9.93. The molecule has 0 N–H and O–H groups in total. The van der Waals surface area contributed by atoms with E-state index >= 15 is 0 Å². The fourth-order valence-electron chi connectivity index (χ4n) is 1.79. The second-order valence-electron chi connectivity index (χ2n) is 4.46. The highest BCUT2D eigenvalue weighted by molar-refractivity contribution is 9.09. The van der Waals surface area contributed by atoms with E-state index in [4.69, 9.17) is 9.47 Å². The average molecular weight is 343 g/mol. The van der Waals surface area contributed by atoms with E-state index in [1.165, 1.54) is 0 Å². The maximum atomic E-state index is 13.6. The summed E-state index contributed by atoms with van der Waals surface area (Å²) in [5.74, 6) is -2.51. The molecule has 19 heavy (non-hydrogen) atoms. The van der Waals surface area contributed by atoms with Gasteiger partial charge in [0.2, 0.25) is 0 Å². The van der Waals surface area contributed by atoms with Crippen LogP contribution in [0.5, 0.6) is 0 Å². The van der Waals surface area contributed by atoms with Crippen LogP contribution in [0.1, 0.15) is 24.3 Å². The lowest BCUT2D eigenvalue weighted by atomic mass is 10.1. The third-order valence-corrected chi connectivity index (χ3v) is 3.08. The highest BCUT2D eigenvalue weighted by Crippen LogP contribution is 2.39. The predicted molar refractivity (Wildman–Crippen MR) is 63.0 cm³/mol. The molecule has 7 heteroatoms. The predicted octanol–water partition coefficient (Wildman–Crippen LogP) is 4.09. The van der Waals surface area contributed by atoms with Crippen molar-refractivity contribution < 1.29 is 27.0 Å². The van der Waals surface area contributed by atoms with Gasteiger partial charge in [-0.25, -0.2) is 8.78 Å². The van der Waals surface area contributed by atoms with Gasteiger partial charge in [0.15, 0.2) is 6.29 Å². The molecule has 1 aromatic carbocycles. The van der Waals surface area contributed by atoms with Crippen LogP contribution in [0.15, 0.2) is 12.1 Å². The van der Waals surface area contributed by atoms with Crippen LogP contribution in [0.25, 0.3) is 0 Å². The van der Waals surface area contributed by atoms with Crippen molar-refractivity contribution in [3.63, 3.8) is 0 Å².